The van der Waals surface area contributed by atoms with Gasteiger partial charge in [-0.3, -0.25) is 0 Å². The van der Waals surface area contributed by atoms with Crippen LogP contribution in [0.5, 0.6) is 0 Å². The second-order valence-electron chi connectivity index (χ2n) is 2.59. The molecule has 0 aliphatic carbocycles. The van der Waals surface area contributed by atoms with Gasteiger partial charge in [-0.05, 0) is 0 Å². The van der Waals surface area contributed by atoms with Gasteiger partial charge >= 0.3 is 0 Å². The Balaban J connectivity index is 2.12. The first-order valence-electron chi connectivity index (χ1n) is 4.31. The molecular weight excluding hydrogens is 208 g/mol. The fraction of sp³-hybridized carbons (Fsp3) is 0.750. The highest BCUT2D eigenvalue weighted by atomic mass is 35.5. The molecule has 0 atom stereocenters. The fourth-order valence-corrected chi connectivity index (χ4v) is 0.962. The molecule has 1 rings (SSSR count). The number of nitrogens with zero attached hydrogens (tertiary/aromatic N) is 2. The monoisotopic (exact) mass is 220 g/mol. The van der Waals surface area contributed by atoms with Crippen molar-refractivity contribution in [2.75, 3.05) is 26.9 Å². The number of hydrogen-bond acceptors (Lipinski definition) is 5. The van der Waals surface area contributed by atoms with Gasteiger partial charge in [0.2, 0.25) is 5.89 Å². The molecule has 0 saturated heterocycles. The van der Waals surface area contributed by atoms with Gasteiger partial charge in [0.25, 0.3) is 0 Å². The molecule has 1 aromatic rings. The molecule has 5 nitrogen and oxygen atoms in total. The predicted octanol–water partition coefficient (Wildman–Crippen LogP) is 1.01. The first-order chi connectivity index (χ1) is 6.86. The van der Waals surface area contributed by atoms with Crippen molar-refractivity contribution >= 4 is 11.6 Å². The number of halogens is 1. The molecule has 0 aliphatic heterocycles. The highest BCUT2D eigenvalue weighted by Crippen LogP contribution is 2.01. The Bertz CT molecular complexity index is 254. The summed E-state index contributed by atoms with van der Waals surface area (Å²) in [5.74, 6) is 1.31. The van der Waals surface area contributed by atoms with E-state index < -0.39 is 0 Å². The van der Waals surface area contributed by atoms with E-state index in [2.05, 4.69) is 10.1 Å². The summed E-state index contributed by atoms with van der Waals surface area (Å²) >= 11 is 5.50. The number of hydrogen-bond donors (Lipinski definition) is 0. The molecule has 0 unspecified atom stereocenters. The van der Waals surface area contributed by atoms with Gasteiger partial charge in [-0.1, -0.05) is 5.16 Å². The highest BCUT2D eigenvalue weighted by Gasteiger charge is 2.03. The molecular formula is C8H13ClN2O3. The summed E-state index contributed by atoms with van der Waals surface area (Å²) in [7, 11) is 1.63. The van der Waals surface area contributed by atoms with Crippen LogP contribution in [0.3, 0.4) is 0 Å². The van der Waals surface area contributed by atoms with Gasteiger partial charge in [0.15, 0.2) is 5.82 Å². The summed E-state index contributed by atoms with van der Waals surface area (Å²) in [5, 5.41) is 3.72. The molecule has 14 heavy (non-hydrogen) atoms. The van der Waals surface area contributed by atoms with E-state index in [9.17, 15) is 0 Å². The van der Waals surface area contributed by atoms with Crippen LogP contribution in [-0.2, 0) is 21.8 Å². The SMILES string of the molecule is COCCOCCc1noc(CCl)n1. The Morgan fingerprint density at radius 3 is 2.86 bits per heavy atom. The lowest BCUT2D eigenvalue weighted by atomic mass is 10.4. The van der Waals surface area contributed by atoms with Crippen LogP contribution in [0.4, 0.5) is 0 Å². The van der Waals surface area contributed by atoms with E-state index in [1.807, 2.05) is 0 Å². The van der Waals surface area contributed by atoms with Crippen molar-refractivity contribution in [1.82, 2.24) is 10.1 Å². The van der Waals surface area contributed by atoms with Crippen LogP contribution in [0.25, 0.3) is 0 Å². The molecule has 6 heteroatoms. The summed E-state index contributed by atoms with van der Waals surface area (Å²) in [6, 6.07) is 0. The van der Waals surface area contributed by atoms with Gasteiger partial charge in [0.05, 0.1) is 19.8 Å². The van der Waals surface area contributed by atoms with Crippen LogP contribution in [0, 0.1) is 0 Å². The quantitative estimate of drug-likeness (QED) is 0.507. The maximum absolute atomic E-state index is 5.50. The number of rotatable bonds is 7. The van der Waals surface area contributed by atoms with E-state index in [0.29, 0.717) is 38.0 Å². The minimum absolute atomic E-state index is 0.248. The van der Waals surface area contributed by atoms with Gasteiger partial charge < -0.3 is 14.0 Å². The first-order valence-corrected chi connectivity index (χ1v) is 4.84. The van der Waals surface area contributed by atoms with Gasteiger partial charge in [-0.25, -0.2) is 0 Å². The van der Waals surface area contributed by atoms with Crippen molar-refractivity contribution in [3.8, 4) is 0 Å². The van der Waals surface area contributed by atoms with Gasteiger partial charge in [-0.2, -0.15) is 4.98 Å². The second-order valence-corrected chi connectivity index (χ2v) is 2.86. The molecule has 80 valence electrons. The van der Waals surface area contributed by atoms with E-state index in [-0.39, 0.29) is 5.88 Å². The number of methoxy groups -OCH3 is 1. The van der Waals surface area contributed by atoms with Crippen LogP contribution in [0.2, 0.25) is 0 Å². The molecule has 0 aromatic carbocycles. The fourth-order valence-electron chi connectivity index (χ4n) is 0.854. The van der Waals surface area contributed by atoms with Crippen LogP contribution < -0.4 is 0 Å². The lowest BCUT2D eigenvalue weighted by Gasteiger charge is -1.99. The minimum Gasteiger partial charge on any atom is -0.382 e. The third-order valence-corrected chi connectivity index (χ3v) is 1.75. The topological polar surface area (TPSA) is 57.4 Å². The first kappa shape index (κ1) is 11.4. The predicted molar refractivity (Wildman–Crippen MR) is 50.3 cm³/mol. The molecule has 0 fully saturated rings. The molecule has 0 N–H and O–H groups in total. The molecule has 0 radical (unpaired) electrons. The molecule has 1 aromatic heterocycles. The third-order valence-electron chi connectivity index (χ3n) is 1.53. The lowest BCUT2D eigenvalue weighted by molar-refractivity contribution is 0.0714. The van der Waals surface area contributed by atoms with E-state index in [0.717, 1.165) is 0 Å². The summed E-state index contributed by atoms with van der Waals surface area (Å²) in [6.45, 7) is 1.74. The van der Waals surface area contributed by atoms with Gasteiger partial charge in [0, 0.05) is 13.5 Å². The number of alkyl halides is 1. The Morgan fingerprint density at radius 2 is 2.21 bits per heavy atom. The zero-order valence-electron chi connectivity index (χ0n) is 8.03. The zero-order valence-corrected chi connectivity index (χ0v) is 8.79. The summed E-state index contributed by atoms with van der Waals surface area (Å²) in [4.78, 5) is 4.03. The smallest absolute Gasteiger partial charge is 0.241 e. The minimum atomic E-state index is 0.248. The summed E-state index contributed by atoms with van der Waals surface area (Å²) in [6.07, 6.45) is 0.629. The molecule has 0 amide bonds. The Kier molecular flexibility index (Phi) is 5.51. The van der Waals surface area contributed by atoms with E-state index in [1.165, 1.54) is 0 Å². The van der Waals surface area contributed by atoms with Crippen LogP contribution >= 0.6 is 11.6 Å². The molecule has 0 bridgehead atoms. The zero-order chi connectivity index (χ0) is 10.2. The van der Waals surface area contributed by atoms with Crippen LogP contribution in [-0.4, -0.2) is 37.1 Å². The largest absolute Gasteiger partial charge is 0.382 e. The van der Waals surface area contributed by atoms with E-state index in [1.54, 1.807) is 7.11 Å². The Hall–Kier alpha value is -0.650. The van der Waals surface area contributed by atoms with Gasteiger partial charge in [0.1, 0.15) is 5.88 Å². The van der Waals surface area contributed by atoms with E-state index >= 15 is 0 Å². The normalized spacial score (nSPS) is 10.7. The molecule has 0 saturated carbocycles. The third kappa shape index (κ3) is 4.04. The number of ether oxygens (including phenoxy) is 2. The maximum Gasteiger partial charge on any atom is 0.241 e. The standard InChI is InChI=1S/C8H13ClN2O3/c1-12-4-5-13-3-2-7-10-8(6-9)14-11-7/h2-6H2,1H3. The maximum atomic E-state index is 5.50. The van der Waals surface area contributed by atoms with Crippen molar-refractivity contribution in [3.63, 3.8) is 0 Å². The highest BCUT2D eigenvalue weighted by molar-refractivity contribution is 6.16. The van der Waals surface area contributed by atoms with Crippen LogP contribution in [0.15, 0.2) is 4.52 Å². The average molecular weight is 221 g/mol. The average Bonchev–Trinajstić information content (AvgIpc) is 2.65. The molecule has 0 spiro atoms. The van der Waals surface area contributed by atoms with Crippen molar-refractivity contribution in [3.05, 3.63) is 11.7 Å². The van der Waals surface area contributed by atoms with Crippen LogP contribution in [0.1, 0.15) is 11.7 Å². The van der Waals surface area contributed by atoms with Crippen molar-refractivity contribution in [2.24, 2.45) is 0 Å². The van der Waals surface area contributed by atoms with Crippen molar-refractivity contribution in [1.29, 1.82) is 0 Å². The number of aromatic nitrogens is 2. The summed E-state index contributed by atoms with van der Waals surface area (Å²) < 4.78 is 14.9. The van der Waals surface area contributed by atoms with Gasteiger partial charge in [-0.15, -0.1) is 11.6 Å². The Morgan fingerprint density at radius 1 is 1.36 bits per heavy atom. The molecule has 0 aliphatic rings. The van der Waals surface area contributed by atoms with Crippen molar-refractivity contribution < 1.29 is 14.0 Å². The lowest BCUT2D eigenvalue weighted by Crippen LogP contribution is -2.05. The van der Waals surface area contributed by atoms with E-state index in [4.69, 9.17) is 25.6 Å². The Labute approximate surface area is 87.3 Å². The summed E-state index contributed by atoms with van der Waals surface area (Å²) in [5.41, 5.74) is 0. The molecule has 1 heterocycles. The second kappa shape index (κ2) is 6.75. The van der Waals surface area contributed by atoms with Crippen molar-refractivity contribution in [2.45, 2.75) is 12.3 Å².